The van der Waals surface area contributed by atoms with Gasteiger partial charge in [-0.3, -0.25) is 0 Å². The van der Waals surface area contributed by atoms with Crippen molar-refractivity contribution in [1.29, 1.82) is 0 Å². The molecule has 0 aliphatic heterocycles. The number of rotatable bonds is 0. The van der Waals surface area contributed by atoms with Crippen LogP contribution >= 0.6 is 0 Å². The Bertz CT molecular complexity index is 166. The van der Waals surface area contributed by atoms with E-state index in [0.717, 1.165) is 0 Å². The van der Waals surface area contributed by atoms with Crippen LogP contribution in [-0.4, -0.2) is 14.2 Å². The molecule has 0 saturated heterocycles. The van der Waals surface area contributed by atoms with Gasteiger partial charge in [-0.1, -0.05) is 193 Å². The quantitative estimate of drug-likeness (QED) is 0.345. The van der Waals surface area contributed by atoms with Gasteiger partial charge in [-0.2, -0.15) is 0 Å². The predicted molar refractivity (Wildman–Crippen MR) is 151 cm³/mol. The molecule has 0 bridgehead atoms. The molecule has 3 rings (SSSR count). The molecule has 1 nitrogen and oxygen atoms in total. The van der Waals surface area contributed by atoms with Crippen molar-refractivity contribution in [2.45, 2.75) is 193 Å². The molecule has 200 valence electrons. The van der Waals surface area contributed by atoms with Gasteiger partial charge in [0.1, 0.15) is 0 Å². The third kappa shape index (κ3) is 32.0. The Hall–Kier alpha value is -0.0400. The smallest absolute Gasteiger partial charge is 0.0351 e. The molecule has 0 atom stereocenters. The first-order chi connectivity index (χ1) is 16.4. The lowest BCUT2D eigenvalue weighted by Gasteiger charge is -2.05. The maximum absolute atomic E-state index is 4.25. The molecular formula is C32H66O. The van der Waals surface area contributed by atoms with Crippen LogP contribution in [0.25, 0.3) is 0 Å². The number of hydrogen-bond acceptors (Lipinski definition) is 1. The van der Waals surface area contributed by atoms with Gasteiger partial charge in [0.25, 0.3) is 0 Å². The molecule has 0 unspecified atom stereocenters. The summed E-state index contributed by atoms with van der Waals surface area (Å²) in [5.74, 6) is 0. The van der Waals surface area contributed by atoms with E-state index in [1.54, 1.807) is 14.2 Å². The summed E-state index contributed by atoms with van der Waals surface area (Å²) in [5, 5.41) is 0. The maximum atomic E-state index is 4.25. The summed E-state index contributed by atoms with van der Waals surface area (Å²) in [5.41, 5.74) is 0. The van der Waals surface area contributed by atoms with Gasteiger partial charge in [0, 0.05) is 14.2 Å². The molecule has 3 fully saturated rings. The SMILES string of the molecule is C1CCCCCCCCC1.C1CCCCCCCCC1.C1CCCCCCCCC1.COC. The molecule has 0 heterocycles. The van der Waals surface area contributed by atoms with E-state index in [0.29, 0.717) is 0 Å². The molecule has 1 heteroatoms. The fraction of sp³-hybridized carbons (Fsp3) is 1.00. The van der Waals surface area contributed by atoms with Gasteiger partial charge in [0.15, 0.2) is 0 Å². The summed E-state index contributed by atoms with van der Waals surface area (Å²) in [6.07, 6.45) is 45.0. The summed E-state index contributed by atoms with van der Waals surface area (Å²) in [4.78, 5) is 0. The molecule has 33 heavy (non-hydrogen) atoms. The van der Waals surface area contributed by atoms with Crippen molar-refractivity contribution in [3.05, 3.63) is 0 Å². The van der Waals surface area contributed by atoms with Gasteiger partial charge < -0.3 is 4.74 Å². The van der Waals surface area contributed by atoms with Gasteiger partial charge in [-0.25, -0.2) is 0 Å². The number of ether oxygens (including phenoxy) is 1. The van der Waals surface area contributed by atoms with Crippen molar-refractivity contribution in [2.75, 3.05) is 14.2 Å². The van der Waals surface area contributed by atoms with Crippen LogP contribution in [0.3, 0.4) is 0 Å². The molecule has 0 aromatic carbocycles. The highest BCUT2D eigenvalue weighted by Crippen LogP contribution is 2.17. The summed E-state index contributed by atoms with van der Waals surface area (Å²) in [6, 6.07) is 0. The van der Waals surface area contributed by atoms with Crippen molar-refractivity contribution in [2.24, 2.45) is 0 Å². The van der Waals surface area contributed by atoms with Crippen molar-refractivity contribution in [3.8, 4) is 0 Å². The molecule has 0 amide bonds. The highest BCUT2D eigenvalue weighted by Gasteiger charge is 1.97. The van der Waals surface area contributed by atoms with E-state index in [4.69, 9.17) is 0 Å². The van der Waals surface area contributed by atoms with E-state index in [1.807, 2.05) is 0 Å². The molecule has 3 aliphatic rings. The summed E-state index contributed by atoms with van der Waals surface area (Å²) in [6.45, 7) is 0. The monoisotopic (exact) mass is 467 g/mol. The lowest BCUT2D eigenvalue weighted by molar-refractivity contribution is 0.277. The average Bonchev–Trinajstić information content (AvgIpc) is 2.86. The van der Waals surface area contributed by atoms with E-state index < -0.39 is 0 Å². The van der Waals surface area contributed by atoms with E-state index in [-0.39, 0.29) is 0 Å². The second-order valence-electron chi connectivity index (χ2n) is 11.0. The summed E-state index contributed by atoms with van der Waals surface area (Å²) >= 11 is 0. The van der Waals surface area contributed by atoms with E-state index in [2.05, 4.69) is 4.74 Å². The molecule has 0 aromatic heterocycles. The van der Waals surface area contributed by atoms with Gasteiger partial charge >= 0.3 is 0 Å². The Morgan fingerprint density at radius 3 is 0.242 bits per heavy atom. The van der Waals surface area contributed by atoms with Gasteiger partial charge in [-0.05, 0) is 0 Å². The van der Waals surface area contributed by atoms with Crippen LogP contribution in [0.15, 0.2) is 0 Å². The number of methoxy groups -OCH3 is 1. The van der Waals surface area contributed by atoms with Crippen LogP contribution in [0.2, 0.25) is 0 Å². The van der Waals surface area contributed by atoms with Crippen LogP contribution in [0.5, 0.6) is 0 Å². The Labute approximate surface area is 211 Å². The molecule has 0 N–H and O–H groups in total. The molecule has 0 aromatic rings. The van der Waals surface area contributed by atoms with Crippen LogP contribution in [0.1, 0.15) is 193 Å². The zero-order valence-electron chi connectivity index (χ0n) is 23.6. The average molecular weight is 467 g/mol. The highest BCUT2D eigenvalue weighted by molar-refractivity contribution is 4.53. The zero-order chi connectivity index (χ0) is 23.9. The van der Waals surface area contributed by atoms with Gasteiger partial charge in [0.2, 0.25) is 0 Å². The van der Waals surface area contributed by atoms with Gasteiger partial charge in [-0.15, -0.1) is 0 Å². The second kappa shape index (κ2) is 32.0. The Balaban J connectivity index is 0.000000439. The summed E-state index contributed by atoms with van der Waals surface area (Å²) < 4.78 is 4.25. The first kappa shape index (κ1) is 33.0. The first-order valence-electron chi connectivity index (χ1n) is 15.8. The molecule has 3 aliphatic carbocycles. The summed E-state index contributed by atoms with van der Waals surface area (Å²) in [7, 11) is 3.25. The minimum Gasteiger partial charge on any atom is -0.388 e. The van der Waals surface area contributed by atoms with Gasteiger partial charge in [0.05, 0.1) is 0 Å². The van der Waals surface area contributed by atoms with Crippen LogP contribution in [0, 0.1) is 0 Å². The Morgan fingerprint density at radius 1 is 0.182 bits per heavy atom. The lowest BCUT2D eigenvalue weighted by atomic mass is 10.0. The second-order valence-corrected chi connectivity index (χ2v) is 11.0. The highest BCUT2D eigenvalue weighted by atomic mass is 16.4. The number of hydrogen-bond donors (Lipinski definition) is 0. The van der Waals surface area contributed by atoms with E-state index in [9.17, 15) is 0 Å². The normalized spacial score (nSPS) is 22.4. The zero-order valence-corrected chi connectivity index (χ0v) is 23.6. The lowest BCUT2D eigenvalue weighted by Crippen LogP contribution is -1.85. The van der Waals surface area contributed by atoms with Crippen molar-refractivity contribution >= 4 is 0 Å². The third-order valence-electron chi connectivity index (χ3n) is 7.50. The maximum Gasteiger partial charge on any atom is 0.0351 e. The van der Waals surface area contributed by atoms with Crippen molar-refractivity contribution in [1.82, 2.24) is 0 Å². The molecular weight excluding hydrogens is 400 g/mol. The van der Waals surface area contributed by atoms with Crippen molar-refractivity contribution < 1.29 is 4.74 Å². The predicted octanol–water partition coefficient (Wildman–Crippen LogP) is 12.0. The Kier molecular flexibility index (Phi) is 31.9. The fourth-order valence-corrected chi connectivity index (χ4v) is 5.30. The Morgan fingerprint density at radius 2 is 0.212 bits per heavy atom. The molecule has 0 spiro atoms. The molecule has 0 radical (unpaired) electrons. The minimum absolute atomic E-state index is 1.50. The first-order valence-corrected chi connectivity index (χ1v) is 15.8. The largest absolute Gasteiger partial charge is 0.388 e. The van der Waals surface area contributed by atoms with Crippen LogP contribution < -0.4 is 0 Å². The third-order valence-corrected chi connectivity index (χ3v) is 7.50. The fourth-order valence-electron chi connectivity index (χ4n) is 5.30. The topological polar surface area (TPSA) is 9.23 Å². The molecule has 3 saturated carbocycles. The van der Waals surface area contributed by atoms with E-state index in [1.165, 1.54) is 193 Å². The van der Waals surface area contributed by atoms with E-state index >= 15 is 0 Å². The minimum atomic E-state index is 1.50. The van der Waals surface area contributed by atoms with Crippen molar-refractivity contribution in [3.63, 3.8) is 0 Å². The van der Waals surface area contributed by atoms with Crippen LogP contribution in [0.4, 0.5) is 0 Å². The van der Waals surface area contributed by atoms with Crippen LogP contribution in [-0.2, 0) is 4.74 Å². The standard InChI is InChI=1S/3C10H20.C2H6O/c3*1-2-4-6-8-10-9-7-5-3-1;1-3-2/h3*1-10H2;1-2H3.